The zero-order chi connectivity index (χ0) is 15.8. The first kappa shape index (κ1) is 14.5. The Morgan fingerprint density at radius 2 is 1.96 bits per heavy atom. The van der Waals surface area contributed by atoms with Gasteiger partial charge in [-0.1, -0.05) is 6.07 Å². The minimum absolute atomic E-state index is 0.575. The summed E-state index contributed by atoms with van der Waals surface area (Å²) in [5, 5.41) is 13.7. The summed E-state index contributed by atoms with van der Waals surface area (Å²) in [5.74, 6) is 1.30. The van der Waals surface area contributed by atoms with Crippen molar-refractivity contribution >= 4 is 38.6 Å². The van der Waals surface area contributed by atoms with Gasteiger partial charge >= 0.3 is 0 Å². The predicted molar refractivity (Wildman–Crippen MR) is 97.1 cm³/mol. The molecule has 6 heteroatoms. The van der Waals surface area contributed by atoms with E-state index in [4.69, 9.17) is 4.42 Å². The molecule has 0 fully saturated rings. The summed E-state index contributed by atoms with van der Waals surface area (Å²) in [7, 11) is 0. The minimum atomic E-state index is 0.575. The molecule has 0 spiro atoms. The molecule has 112 valence electrons. The fourth-order valence-electron chi connectivity index (χ4n) is 2.43. The van der Waals surface area contributed by atoms with Crippen molar-refractivity contribution in [1.29, 1.82) is 5.26 Å². The lowest BCUT2D eigenvalue weighted by molar-refractivity contribution is 0.554. The van der Waals surface area contributed by atoms with Crippen LogP contribution in [-0.4, -0.2) is 4.57 Å². The van der Waals surface area contributed by atoms with E-state index in [1.165, 1.54) is 0 Å². The van der Waals surface area contributed by atoms with Crippen LogP contribution >= 0.6 is 38.6 Å². The number of nitrogens with zero attached hydrogens (tertiary/aromatic N) is 2. The van der Waals surface area contributed by atoms with Crippen molar-refractivity contribution in [3.8, 4) is 33.0 Å². The van der Waals surface area contributed by atoms with E-state index in [1.807, 2.05) is 58.1 Å². The molecule has 0 N–H and O–H groups in total. The van der Waals surface area contributed by atoms with Crippen LogP contribution in [0.3, 0.4) is 0 Å². The summed E-state index contributed by atoms with van der Waals surface area (Å²) in [6.07, 6.45) is 3.84. The van der Waals surface area contributed by atoms with E-state index in [0.29, 0.717) is 17.2 Å². The van der Waals surface area contributed by atoms with Crippen LogP contribution in [0.5, 0.6) is 0 Å². The lowest BCUT2D eigenvalue weighted by Gasteiger charge is -2.01. The third-order valence-corrected chi connectivity index (χ3v) is 5.98. The number of nitriles is 1. The average molecular weight is 401 g/mol. The molecule has 0 aliphatic rings. The van der Waals surface area contributed by atoms with Gasteiger partial charge in [0.2, 0.25) is 5.88 Å². The lowest BCUT2D eigenvalue weighted by Crippen LogP contribution is -1.89. The predicted octanol–water partition coefficient (Wildman–Crippen LogP) is 6.16. The van der Waals surface area contributed by atoms with Crippen molar-refractivity contribution in [3.05, 3.63) is 63.5 Å². The van der Waals surface area contributed by atoms with Crippen molar-refractivity contribution in [2.24, 2.45) is 0 Å². The molecule has 0 bridgehead atoms. The molecule has 4 rings (SSSR count). The van der Waals surface area contributed by atoms with Gasteiger partial charge in [0, 0.05) is 27.1 Å². The van der Waals surface area contributed by atoms with Crippen LogP contribution in [0.15, 0.2) is 62.4 Å². The van der Waals surface area contributed by atoms with Crippen molar-refractivity contribution in [2.75, 3.05) is 0 Å². The zero-order valence-electron chi connectivity index (χ0n) is 11.7. The molecule has 0 saturated heterocycles. The quantitative estimate of drug-likeness (QED) is 0.413. The van der Waals surface area contributed by atoms with Crippen molar-refractivity contribution in [3.63, 3.8) is 0 Å². The average Bonchev–Trinajstić information content (AvgIpc) is 3.32. The molecule has 0 amide bonds. The van der Waals surface area contributed by atoms with Crippen LogP contribution < -0.4 is 0 Å². The monoisotopic (exact) mass is 400 g/mol. The second-order valence-corrected chi connectivity index (χ2v) is 7.57. The molecular formula is C17H9BrN2OS2. The highest BCUT2D eigenvalue weighted by atomic mass is 79.9. The van der Waals surface area contributed by atoms with Crippen molar-refractivity contribution in [1.82, 2.24) is 4.57 Å². The van der Waals surface area contributed by atoms with E-state index in [1.54, 1.807) is 22.7 Å². The maximum Gasteiger partial charge on any atom is 0.214 e. The number of hydrogen-bond acceptors (Lipinski definition) is 4. The molecule has 4 heterocycles. The van der Waals surface area contributed by atoms with Crippen LogP contribution in [0.4, 0.5) is 0 Å². The van der Waals surface area contributed by atoms with Gasteiger partial charge in [-0.05, 0) is 45.6 Å². The Labute approximate surface area is 149 Å². The Morgan fingerprint density at radius 1 is 1.13 bits per heavy atom. The highest BCUT2D eigenvalue weighted by molar-refractivity contribution is 9.10. The molecule has 23 heavy (non-hydrogen) atoms. The van der Waals surface area contributed by atoms with Crippen molar-refractivity contribution in [2.45, 2.75) is 0 Å². The third kappa shape index (κ3) is 2.47. The Kier molecular flexibility index (Phi) is 3.69. The zero-order valence-corrected chi connectivity index (χ0v) is 14.9. The van der Waals surface area contributed by atoms with Crippen molar-refractivity contribution < 1.29 is 4.42 Å². The summed E-state index contributed by atoms with van der Waals surface area (Å²) < 4.78 is 9.03. The van der Waals surface area contributed by atoms with Crippen LogP contribution in [0.25, 0.3) is 27.0 Å². The third-order valence-electron chi connectivity index (χ3n) is 3.40. The number of thiophene rings is 2. The molecule has 3 nitrogen and oxygen atoms in total. The maximum absolute atomic E-state index is 9.76. The number of hydrogen-bond donors (Lipinski definition) is 0. The van der Waals surface area contributed by atoms with Crippen LogP contribution in [-0.2, 0) is 0 Å². The summed E-state index contributed by atoms with van der Waals surface area (Å²) in [4.78, 5) is 1.96. The molecular weight excluding hydrogens is 392 g/mol. The molecule has 0 atom stereocenters. The SMILES string of the molecule is N#Cc1c(-c2cccs2)oc(-n2cccc2)c1-c1cc(Br)cs1. The van der Waals surface area contributed by atoms with Gasteiger partial charge in [-0.25, -0.2) is 0 Å². The van der Waals surface area contributed by atoms with Crippen LogP contribution in [0.2, 0.25) is 0 Å². The summed E-state index contributed by atoms with van der Waals surface area (Å²) >= 11 is 6.64. The Morgan fingerprint density at radius 3 is 2.57 bits per heavy atom. The minimum Gasteiger partial charge on any atom is -0.437 e. The van der Waals surface area contributed by atoms with E-state index in [0.717, 1.165) is 19.8 Å². The summed E-state index contributed by atoms with van der Waals surface area (Å²) in [6.45, 7) is 0. The maximum atomic E-state index is 9.76. The Hall–Kier alpha value is -2.07. The van der Waals surface area contributed by atoms with Gasteiger partial charge in [-0.15, -0.1) is 22.7 Å². The second-order valence-electron chi connectivity index (χ2n) is 4.79. The number of furan rings is 1. The summed E-state index contributed by atoms with van der Waals surface area (Å²) in [6, 6.07) is 12.2. The Balaban J connectivity index is 2.04. The van der Waals surface area contributed by atoms with Crippen LogP contribution in [0.1, 0.15) is 5.56 Å². The van der Waals surface area contributed by atoms with E-state index in [-0.39, 0.29) is 0 Å². The van der Waals surface area contributed by atoms with Gasteiger partial charge < -0.3 is 4.42 Å². The number of halogens is 1. The molecule has 4 aromatic rings. The molecule has 0 aromatic carbocycles. The van der Waals surface area contributed by atoms with E-state index in [2.05, 4.69) is 22.0 Å². The van der Waals surface area contributed by atoms with Gasteiger partial charge in [-0.3, -0.25) is 4.57 Å². The molecule has 0 saturated carbocycles. The fraction of sp³-hybridized carbons (Fsp3) is 0. The Bertz CT molecular complexity index is 988. The smallest absolute Gasteiger partial charge is 0.214 e. The first-order chi connectivity index (χ1) is 11.3. The van der Waals surface area contributed by atoms with Gasteiger partial charge in [0.15, 0.2) is 5.76 Å². The van der Waals surface area contributed by atoms with Gasteiger partial charge in [0.05, 0.1) is 10.4 Å². The largest absolute Gasteiger partial charge is 0.437 e. The van der Waals surface area contributed by atoms with Gasteiger partial charge in [0.25, 0.3) is 0 Å². The molecule has 0 radical (unpaired) electrons. The number of rotatable bonds is 3. The normalized spacial score (nSPS) is 10.8. The first-order valence-electron chi connectivity index (χ1n) is 6.76. The summed E-state index contributed by atoms with van der Waals surface area (Å²) in [5.41, 5.74) is 1.41. The molecule has 0 aliphatic carbocycles. The van der Waals surface area contributed by atoms with E-state index >= 15 is 0 Å². The van der Waals surface area contributed by atoms with Gasteiger partial charge in [-0.2, -0.15) is 5.26 Å². The number of aromatic nitrogens is 1. The van der Waals surface area contributed by atoms with Gasteiger partial charge in [0.1, 0.15) is 11.6 Å². The fourth-order valence-corrected chi connectivity index (χ4v) is 4.61. The molecule has 0 unspecified atom stereocenters. The van der Waals surface area contributed by atoms with E-state index in [9.17, 15) is 5.26 Å². The van der Waals surface area contributed by atoms with E-state index < -0.39 is 0 Å². The highest BCUT2D eigenvalue weighted by Gasteiger charge is 2.25. The topological polar surface area (TPSA) is 41.9 Å². The molecule has 0 aliphatic heterocycles. The highest BCUT2D eigenvalue weighted by Crippen LogP contribution is 2.43. The van der Waals surface area contributed by atoms with Crippen LogP contribution in [0, 0.1) is 11.3 Å². The molecule has 4 aromatic heterocycles. The lowest BCUT2D eigenvalue weighted by atomic mass is 10.1. The second kappa shape index (κ2) is 5.85. The standard InChI is InChI=1S/C17H9BrN2OS2/c18-11-8-14(23-10-11)15-12(9-19)16(13-4-3-7-22-13)21-17(15)20-5-1-2-6-20/h1-8,10H. The first-order valence-corrected chi connectivity index (χ1v) is 9.31.